The second-order valence-corrected chi connectivity index (χ2v) is 5.19. The van der Waals surface area contributed by atoms with Gasteiger partial charge in [0.1, 0.15) is 0 Å². The summed E-state index contributed by atoms with van der Waals surface area (Å²) in [5.41, 5.74) is 2.17. The molecule has 0 bridgehead atoms. The molecule has 0 spiro atoms. The molecular formula is C15H24O. The highest BCUT2D eigenvalue weighted by Gasteiger charge is 2.18. The molecule has 1 N–H and O–H groups in total. The van der Waals surface area contributed by atoms with Crippen molar-refractivity contribution >= 4 is 0 Å². The van der Waals surface area contributed by atoms with Crippen molar-refractivity contribution in [3.63, 3.8) is 0 Å². The standard InChI is InChI=1S/C15H24O/c1-11(2)14-9-8-12(3)6-5-7-13(4)15(16)10-14/h8-9,11,14-16H,3-7,10H2,1-2H3/b9-8+. The Hall–Kier alpha value is -0.820. The van der Waals surface area contributed by atoms with Crippen LogP contribution in [0.5, 0.6) is 0 Å². The van der Waals surface area contributed by atoms with Crippen LogP contribution < -0.4 is 0 Å². The minimum absolute atomic E-state index is 0.344. The molecule has 1 heteroatoms. The van der Waals surface area contributed by atoms with E-state index >= 15 is 0 Å². The zero-order chi connectivity index (χ0) is 12.1. The van der Waals surface area contributed by atoms with Gasteiger partial charge in [-0.15, -0.1) is 0 Å². The Balaban J connectivity index is 2.79. The summed E-state index contributed by atoms with van der Waals surface area (Å²) in [5, 5.41) is 10.0. The lowest BCUT2D eigenvalue weighted by atomic mass is 9.85. The molecule has 1 aliphatic rings. The van der Waals surface area contributed by atoms with Crippen molar-refractivity contribution in [3.05, 3.63) is 36.5 Å². The van der Waals surface area contributed by atoms with Crippen molar-refractivity contribution in [3.8, 4) is 0 Å². The van der Waals surface area contributed by atoms with Gasteiger partial charge >= 0.3 is 0 Å². The van der Waals surface area contributed by atoms with Crippen molar-refractivity contribution in [2.75, 3.05) is 0 Å². The van der Waals surface area contributed by atoms with Gasteiger partial charge < -0.3 is 5.11 Å². The summed E-state index contributed by atoms with van der Waals surface area (Å²) in [6.45, 7) is 12.4. The molecule has 0 aromatic heterocycles. The summed E-state index contributed by atoms with van der Waals surface area (Å²) in [5.74, 6) is 0.965. The molecule has 0 aromatic carbocycles. The summed E-state index contributed by atoms with van der Waals surface area (Å²) in [6, 6.07) is 0. The minimum atomic E-state index is -0.344. The smallest absolute Gasteiger partial charge is 0.0753 e. The Morgan fingerprint density at radius 2 is 2.00 bits per heavy atom. The maximum atomic E-state index is 10.0. The number of aliphatic hydroxyl groups is 1. The van der Waals surface area contributed by atoms with Gasteiger partial charge in [0, 0.05) is 0 Å². The van der Waals surface area contributed by atoms with E-state index in [-0.39, 0.29) is 6.10 Å². The Morgan fingerprint density at radius 1 is 1.31 bits per heavy atom. The summed E-state index contributed by atoms with van der Waals surface area (Å²) >= 11 is 0. The molecule has 0 fully saturated rings. The molecule has 0 saturated heterocycles. The molecule has 0 saturated carbocycles. The van der Waals surface area contributed by atoms with Crippen LogP contribution in [-0.4, -0.2) is 11.2 Å². The summed E-state index contributed by atoms with van der Waals surface area (Å²) in [7, 11) is 0. The van der Waals surface area contributed by atoms with E-state index in [2.05, 4.69) is 39.2 Å². The van der Waals surface area contributed by atoms with Crippen LogP contribution in [-0.2, 0) is 0 Å². The van der Waals surface area contributed by atoms with Crippen LogP contribution in [0.25, 0.3) is 0 Å². The Bertz CT molecular complexity index is 286. The topological polar surface area (TPSA) is 20.2 Å². The predicted molar refractivity (Wildman–Crippen MR) is 70.2 cm³/mol. The summed E-state index contributed by atoms with van der Waals surface area (Å²) in [6.07, 6.45) is 7.75. The highest BCUT2D eigenvalue weighted by atomic mass is 16.3. The van der Waals surface area contributed by atoms with E-state index in [9.17, 15) is 5.11 Å². The quantitative estimate of drug-likeness (QED) is 0.665. The first kappa shape index (κ1) is 13.2. The maximum Gasteiger partial charge on any atom is 0.0753 e. The molecule has 1 rings (SSSR count). The van der Waals surface area contributed by atoms with E-state index < -0.39 is 0 Å². The van der Waals surface area contributed by atoms with Gasteiger partial charge in [-0.3, -0.25) is 0 Å². The molecule has 0 radical (unpaired) electrons. The lowest BCUT2D eigenvalue weighted by Crippen LogP contribution is -2.18. The highest BCUT2D eigenvalue weighted by Crippen LogP contribution is 2.26. The third-order valence-electron chi connectivity index (χ3n) is 3.40. The van der Waals surface area contributed by atoms with E-state index in [1.807, 2.05) is 0 Å². The van der Waals surface area contributed by atoms with Gasteiger partial charge in [-0.2, -0.15) is 0 Å². The fourth-order valence-corrected chi connectivity index (χ4v) is 2.05. The van der Waals surface area contributed by atoms with Crippen LogP contribution in [0, 0.1) is 11.8 Å². The Kier molecular flexibility index (Phi) is 5.01. The van der Waals surface area contributed by atoms with Crippen molar-refractivity contribution in [1.29, 1.82) is 0 Å². The average molecular weight is 220 g/mol. The summed E-state index contributed by atoms with van der Waals surface area (Å²) in [4.78, 5) is 0. The Morgan fingerprint density at radius 3 is 2.62 bits per heavy atom. The molecule has 16 heavy (non-hydrogen) atoms. The second-order valence-electron chi connectivity index (χ2n) is 5.19. The van der Waals surface area contributed by atoms with Gasteiger partial charge in [0.25, 0.3) is 0 Å². The van der Waals surface area contributed by atoms with Crippen molar-refractivity contribution in [1.82, 2.24) is 0 Å². The van der Waals surface area contributed by atoms with Crippen LogP contribution >= 0.6 is 0 Å². The number of rotatable bonds is 1. The molecule has 0 heterocycles. The number of allylic oxidation sites excluding steroid dienone is 3. The fourth-order valence-electron chi connectivity index (χ4n) is 2.05. The summed E-state index contributed by atoms with van der Waals surface area (Å²) < 4.78 is 0. The third kappa shape index (κ3) is 3.97. The van der Waals surface area contributed by atoms with Gasteiger partial charge in [0.05, 0.1) is 6.10 Å². The molecule has 90 valence electrons. The van der Waals surface area contributed by atoms with Crippen LogP contribution in [0.4, 0.5) is 0 Å². The molecule has 2 atom stereocenters. The SMILES string of the molecule is C=C1/C=C/C(C(C)C)CC(O)C(=C)CCC1. The van der Waals surface area contributed by atoms with Gasteiger partial charge in [-0.1, -0.05) is 44.7 Å². The van der Waals surface area contributed by atoms with Gasteiger partial charge in [0.2, 0.25) is 0 Å². The molecule has 2 unspecified atom stereocenters. The van der Waals surface area contributed by atoms with E-state index in [1.54, 1.807) is 0 Å². The predicted octanol–water partition coefficient (Wildman–Crippen LogP) is 3.86. The molecular weight excluding hydrogens is 196 g/mol. The first-order valence-electron chi connectivity index (χ1n) is 6.22. The lowest BCUT2D eigenvalue weighted by molar-refractivity contribution is 0.170. The van der Waals surface area contributed by atoms with Crippen molar-refractivity contribution < 1.29 is 5.11 Å². The third-order valence-corrected chi connectivity index (χ3v) is 3.40. The zero-order valence-electron chi connectivity index (χ0n) is 10.6. The number of aliphatic hydroxyl groups excluding tert-OH is 1. The van der Waals surface area contributed by atoms with Gasteiger partial charge in [0.15, 0.2) is 0 Å². The van der Waals surface area contributed by atoms with E-state index in [4.69, 9.17) is 0 Å². The number of hydrogen-bond donors (Lipinski definition) is 1. The van der Waals surface area contributed by atoms with E-state index in [0.717, 1.165) is 31.3 Å². The van der Waals surface area contributed by atoms with E-state index in [1.165, 1.54) is 5.57 Å². The first-order valence-corrected chi connectivity index (χ1v) is 6.22. The van der Waals surface area contributed by atoms with E-state index in [0.29, 0.717) is 11.8 Å². The fraction of sp³-hybridized carbons (Fsp3) is 0.600. The maximum absolute atomic E-state index is 10.0. The lowest BCUT2D eigenvalue weighted by Gasteiger charge is -2.23. The first-order chi connectivity index (χ1) is 7.50. The minimum Gasteiger partial charge on any atom is -0.389 e. The van der Waals surface area contributed by atoms with Crippen LogP contribution in [0.2, 0.25) is 0 Å². The van der Waals surface area contributed by atoms with Crippen molar-refractivity contribution in [2.24, 2.45) is 11.8 Å². The zero-order valence-corrected chi connectivity index (χ0v) is 10.6. The Labute approximate surface area is 99.6 Å². The van der Waals surface area contributed by atoms with Gasteiger partial charge in [-0.05, 0) is 43.1 Å². The normalized spacial score (nSPS) is 30.5. The molecule has 0 aromatic rings. The molecule has 1 nitrogen and oxygen atoms in total. The molecule has 1 aliphatic carbocycles. The average Bonchev–Trinajstić information content (AvgIpc) is 2.22. The van der Waals surface area contributed by atoms with Crippen molar-refractivity contribution in [2.45, 2.75) is 45.6 Å². The molecule has 0 amide bonds. The number of hydrogen-bond acceptors (Lipinski definition) is 1. The highest BCUT2D eigenvalue weighted by molar-refractivity contribution is 5.17. The van der Waals surface area contributed by atoms with Gasteiger partial charge in [-0.25, -0.2) is 0 Å². The van der Waals surface area contributed by atoms with Crippen LogP contribution in [0.1, 0.15) is 39.5 Å². The van der Waals surface area contributed by atoms with Crippen LogP contribution in [0.3, 0.4) is 0 Å². The second kappa shape index (κ2) is 6.05. The largest absolute Gasteiger partial charge is 0.389 e. The monoisotopic (exact) mass is 220 g/mol. The molecule has 0 aliphatic heterocycles. The van der Waals surface area contributed by atoms with Crippen LogP contribution in [0.15, 0.2) is 36.5 Å².